The number of ether oxygens (including phenoxy) is 4. The molecule has 1 N–H and O–H groups in total. The molecule has 0 aliphatic rings. The molecule has 10 rings (SSSR count). The van der Waals surface area contributed by atoms with E-state index in [2.05, 4.69) is 255 Å². The molecule has 0 aliphatic carbocycles. The van der Waals surface area contributed by atoms with Crippen LogP contribution in [-0.4, -0.2) is 33.5 Å². The summed E-state index contributed by atoms with van der Waals surface area (Å²) in [5.41, 5.74) is 15.4. The van der Waals surface area contributed by atoms with Gasteiger partial charge < -0.3 is 54.4 Å². The van der Waals surface area contributed by atoms with Crippen molar-refractivity contribution in [3.8, 4) is 68.2 Å². The van der Waals surface area contributed by atoms with Gasteiger partial charge in [0.25, 0.3) is 6.85 Å². The summed E-state index contributed by atoms with van der Waals surface area (Å²) < 4.78 is 72.4. The highest BCUT2D eigenvalue weighted by Crippen LogP contribution is 2.58. The third-order valence-corrected chi connectivity index (χ3v) is 21.7. The SMILES string of the molecule is COc1cc(-c2cc(C)cc(C(C)(C)C)c2Op2oc3c(C(C)(C)C)cc(C)cc3c3cc(OC)cc(C(C)(C)C)c3o2)c(O)c(C(C)(C)C)c1.COc1cc(-c2cc(C)cc(C(C)(C)C)c2Op2oc3c(C(C)(C)C)cc(C)cc3c3cc(OC)cc(C(C)(C)C)c3o2)c(OP(Cl)Cl)c(C(C)(C)C)c1.ClP(Cl)Cl. The van der Waals surface area contributed by atoms with E-state index in [1.807, 2.05) is 36.4 Å². The number of hydrogen-bond acceptors (Lipinski definition) is 12. The largest absolute Gasteiger partial charge is 0.507 e. The summed E-state index contributed by atoms with van der Waals surface area (Å²) in [7, 11) is 2.52. The molecule has 10 aromatic rings. The summed E-state index contributed by atoms with van der Waals surface area (Å²) >= 11 is 27.5. The first-order valence-electron chi connectivity index (χ1n) is 36.5. The van der Waals surface area contributed by atoms with Gasteiger partial charge in [-0.1, -0.05) is 224 Å². The van der Waals surface area contributed by atoms with Crippen molar-refractivity contribution in [3.63, 3.8) is 0 Å². The first kappa shape index (κ1) is 88.8. The first-order chi connectivity index (χ1) is 50.0. The number of aryl methyl sites for hydroxylation is 4. The van der Waals surface area contributed by atoms with Crippen LogP contribution < -0.4 is 32.5 Å². The van der Waals surface area contributed by atoms with Crippen LogP contribution in [0, 0.1) is 27.7 Å². The maximum Gasteiger partial charge on any atom is 0.453 e. The van der Waals surface area contributed by atoms with Gasteiger partial charge >= 0.3 is 16.5 Å². The highest BCUT2D eigenvalue weighted by atomic mass is 36.0. The van der Waals surface area contributed by atoms with E-state index in [1.165, 1.54) is 0 Å². The van der Waals surface area contributed by atoms with Gasteiger partial charge in [-0.3, -0.25) is 0 Å². The first-order valence-corrected chi connectivity index (χ1v) is 45.8. The Balaban J connectivity index is 0.000000262. The zero-order chi connectivity index (χ0) is 81.9. The lowest BCUT2D eigenvalue weighted by Crippen LogP contribution is -2.15. The molecule has 0 amide bonds. The Morgan fingerprint density at radius 1 is 0.294 bits per heavy atom. The van der Waals surface area contributed by atoms with Crippen LogP contribution in [0.25, 0.3) is 66.1 Å². The predicted octanol–water partition coefficient (Wildman–Crippen LogP) is 32.0. The van der Waals surface area contributed by atoms with Crippen molar-refractivity contribution in [2.24, 2.45) is 0 Å². The van der Waals surface area contributed by atoms with Crippen LogP contribution in [0.3, 0.4) is 0 Å². The van der Waals surface area contributed by atoms with Gasteiger partial charge in [0.1, 0.15) is 68.3 Å². The number of rotatable bonds is 12. The Kier molecular flexibility index (Phi) is 27.2. The number of aromatic hydroxyl groups is 1. The van der Waals surface area contributed by atoms with Crippen molar-refractivity contribution in [2.75, 3.05) is 28.4 Å². The summed E-state index contributed by atoms with van der Waals surface area (Å²) in [5.74, 6) is 3.60. The molecule has 0 saturated carbocycles. The molecule has 0 radical (unpaired) electrons. The van der Waals surface area contributed by atoms with Crippen molar-refractivity contribution in [3.05, 3.63) is 164 Å². The number of methoxy groups -OCH3 is 4. The zero-order valence-electron chi connectivity index (χ0n) is 69.9. The molecule has 2 aromatic heterocycles. The third-order valence-electron chi connectivity index (χ3n) is 18.9. The molecular weight excluding hydrogens is 1550 g/mol. The van der Waals surface area contributed by atoms with Crippen LogP contribution in [0.4, 0.5) is 0 Å². The van der Waals surface area contributed by atoms with E-state index in [1.54, 1.807) is 28.4 Å². The molecule has 0 spiro atoms. The summed E-state index contributed by atoms with van der Waals surface area (Å²) in [6, 6.07) is 33.2. The van der Waals surface area contributed by atoms with Crippen molar-refractivity contribution < 1.29 is 54.4 Å². The molecule has 0 saturated heterocycles. The fourth-order valence-corrected chi connectivity index (χ4v) is 16.4. The van der Waals surface area contributed by atoms with Gasteiger partial charge in [0, 0.05) is 88.3 Å². The van der Waals surface area contributed by atoms with Gasteiger partial charge in [0.2, 0.25) is 0 Å². The molecule has 0 fully saturated rings. The quantitative estimate of drug-likeness (QED) is 0.117. The van der Waals surface area contributed by atoms with Crippen LogP contribution >= 0.6 is 85.5 Å². The van der Waals surface area contributed by atoms with E-state index in [9.17, 15) is 5.11 Å². The van der Waals surface area contributed by atoms with Crippen molar-refractivity contribution in [1.82, 2.24) is 0 Å². The minimum atomic E-state index is -2.11. The second-order valence-electron chi connectivity index (χ2n) is 36.5. The van der Waals surface area contributed by atoms with Gasteiger partial charge in [0.15, 0.2) is 5.98 Å². The number of fused-ring (bicyclic) bond motifs is 6. The summed E-state index contributed by atoms with van der Waals surface area (Å²) in [6.45, 7) is 58.5. The molecule has 2 heterocycles. The van der Waals surface area contributed by atoms with E-state index in [0.29, 0.717) is 45.5 Å². The van der Waals surface area contributed by atoms with E-state index in [-0.39, 0.29) is 49.1 Å². The van der Waals surface area contributed by atoms with Crippen molar-refractivity contribution in [1.29, 1.82) is 0 Å². The highest BCUT2D eigenvalue weighted by molar-refractivity contribution is 8.20. The Bertz CT molecular complexity index is 5120. The van der Waals surface area contributed by atoms with Crippen LogP contribution in [0.2, 0.25) is 0 Å². The number of phenolic OH excluding ortho intramolecular Hbond substituents is 1. The fourth-order valence-electron chi connectivity index (χ4n) is 13.4. The average Bonchev–Trinajstić information content (AvgIpc) is 1.73. The second-order valence-corrected chi connectivity index (χ2v) is 46.4. The van der Waals surface area contributed by atoms with E-state index < -0.39 is 29.3 Å². The standard InChI is InChI=1S/C44H56Cl2O6P2.C44H57O6P.Cl3P/c1-25-17-29(31-21-27(47-15)23-35(43(9,10)11)37(31)49-53(45)46)38(33(19-25)41(3,4)5)50-54-51-39-30(18-26(2)20-34(39)42(6,7)8)32-22-28(48-16)24-36(40(32)52-54)44(12,13)14;1-25-17-30(29-21-27(46-15)23-33(37(29)45)41(3,4)5)38(34(19-25)42(6,7)8)48-51-49-39-31(18-26(2)20-35(39)43(9,10)11)32-22-28(47-16)24-36(40(32)50-51)44(12,13)14;1-4(2)3/h17-24H,1-16H3;17-24,45H,1-16H3;. The van der Waals surface area contributed by atoms with Crippen molar-refractivity contribution in [2.45, 2.75) is 237 Å². The lowest BCUT2D eigenvalue weighted by atomic mass is 9.81. The molecule has 592 valence electrons. The number of hydrogen-bond donors (Lipinski definition) is 1. The van der Waals surface area contributed by atoms with E-state index in [0.717, 1.165) is 128 Å². The van der Waals surface area contributed by atoms with Crippen LogP contribution in [0.5, 0.6) is 46.0 Å². The molecule has 0 aliphatic heterocycles. The normalized spacial score (nSPS) is 13.0. The Morgan fingerprint density at radius 3 is 0.826 bits per heavy atom. The Morgan fingerprint density at radius 2 is 0.523 bits per heavy atom. The fraction of sp³-hybridized carbons (Fsp3) is 0.455. The maximum absolute atomic E-state index is 12.0. The van der Waals surface area contributed by atoms with Crippen LogP contribution in [-0.2, 0) is 43.3 Å². The lowest BCUT2D eigenvalue weighted by molar-refractivity contribution is 0.406. The second kappa shape index (κ2) is 33.4. The van der Waals surface area contributed by atoms with Gasteiger partial charge in [-0.2, -0.15) is 0 Å². The van der Waals surface area contributed by atoms with Gasteiger partial charge in [0.05, 0.1) is 28.4 Å². The summed E-state index contributed by atoms with van der Waals surface area (Å²) in [4.78, 5) is 0. The average molecular weight is 1660 g/mol. The lowest BCUT2D eigenvalue weighted by Gasteiger charge is -2.28. The topological polar surface area (TPSA) is 137 Å². The monoisotopic (exact) mass is 1660 g/mol. The Labute approximate surface area is 676 Å². The summed E-state index contributed by atoms with van der Waals surface area (Å²) in [5, 5.41) is 15.6. The summed E-state index contributed by atoms with van der Waals surface area (Å²) in [6.07, 6.45) is 0. The van der Waals surface area contributed by atoms with Crippen LogP contribution in [0.15, 0.2) is 114 Å². The minimum absolute atomic E-state index is 0.192. The molecule has 12 nitrogen and oxygen atoms in total. The molecule has 2 atom stereocenters. The smallest absolute Gasteiger partial charge is 0.453 e. The van der Waals surface area contributed by atoms with Crippen LogP contribution in [0.1, 0.15) is 233 Å². The maximum atomic E-state index is 12.0. The number of phenols is 1. The van der Waals surface area contributed by atoms with Crippen molar-refractivity contribution >= 4 is 129 Å². The number of benzene rings is 8. The van der Waals surface area contributed by atoms with E-state index >= 15 is 0 Å². The minimum Gasteiger partial charge on any atom is -0.507 e. The molecule has 109 heavy (non-hydrogen) atoms. The zero-order valence-corrected chi connectivity index (χ0v) is 77.2. The predicted molar refractivity (Wildman–Crippen MR) is 469 cm³/mol. The highest BCUT2D eigenvalue weighted by Gasteiger charge is 2.35. The van der Waals surface area contributed by atoms with E-state index in [4.69, 9.17) is 106 Å². The third kappa shape index (κ3) is 20.8. The van der Waals surface area contributed by atoms with Gasteiger partial charge in [-0.15, -0.1) is 0 Å². The van der Waals surface area contributed by atoms with Gasteiger partial charge in [-0.05, 0) is 189 Å². The Hall–Kier alpha value is -5.73. The molecule has 0 bridgehead atoms. The molecule has 21 heteroatoms. The molecule has 8 aromatic carbocycles. The molecule has 2 unspecified atom stereocenters. The molecular formula is C88H113Cl5O12P4. The number of halogens is 5. The van der Waals surface area contributed by atoms with Gasteiger partial charge in [-0.25, -0.2) is 0 Å².